The first-order valence-electron chi connectivity index (χ1n) is 31.1. The Morgan fingerprint density at radius 1 is 0.505 bits per heavy atom. The number of alkyl carbamates (subject to hydrolysis) is 1. The fraction of sp³-hybridized carbons (Fsp3) is 0.324. The lowest BCUT2D eigenvalue weighted by molar-refractivity contribution is -0.275. The van der Waals surface area contributed by atoms with Gasteiger partial charge in [0.1, 0.15) is 74.8 Å². The highest BCUT2D eigenvalue weighted by molar-refractivity contribution is 7.80. The fourth-order valence-electron chi connectivity index (χ4n) is 9.82. The molecule has 0 bridgehead atoms. The van der Waals surface area contributed by atoms with Crippen molar-refractivity contribution >= 4 is 82.0 Å². The van der Waals surface area contributed by atoms with Gasteiger partial charge in [-0.1, -0.05) is 0 Å². The molecule has 8 heterocycles. The van der Waals surface area contributed by atoms with Crippen LogP contribution in [0.15, 0.2) is 182 Å². The number of hydrogen-bond donors (Lipinski definition) is 4. The molecule has 0 saturated carbocycles. The van der Waals surface area contributed by atoms with Gasteiger partial charge in [0.15, 0.2) is 5.11 Å². The molecule has 8 aromatic rings. The first-order valence-corrected chi connectivity index (χ1v) is 31.9. The molecule has 3 aliphatic heterocycles. The zero-order valence-electron chi connectivity index (χ0n) is 54.5. The molecule has 21 nitrogen and oxygen atoms in total. The van der Waals surface area contributed by atoms with Gasteiger partial charge in [0.2, 0.25) is 0 Å². The van der Waals surface area contributed by atoms with E-state index in [-0.39, 0.29) is 47.8 Å². The van der Waals surface area contributed by atoms with E-state index >= 15 is 0 Å². The van der Waals surface area contributed by atoms with Crippen molar-refractivity contribution < 1.29 is 77.5 Å². The lowest BCUT2D eigenvalue weighted by atomic mass is 10.1. The number of thiocarbonyl (C=S) groups is 2. The zero-order chi connectivity index (χ0) is 71.7. The smallest absolute Gasteiger partial charge is 0.457 e. The van der Waals surface area contributed by atoms with Crippen LogP contribution >= 0.6 is 36.8 Å². The van der Waals surface area contributed by atoms with Crippen LogP contribution in [0.4, 0.5) is 73.1 Å². The Kier molecular flexibility index (Phi) is 29.0. The maximum atomic E-state index is 12.3. The molecule has 0 aliphatic carbocycles. The number of isothiocyanates is 1. The molecule has 0 spiro atoms. The van der Waals surface area contributed by atoms with Gasteiger partial charge in [0.25, 0.3) is 0 Å². The number of aliphatic imine (C=N–C) groups is 1. The Labute approximate surface area is 593 Å². The number of nitrogens with zero attached hydrogens (tertiary/aromatic N) is 9. The fourth-order valence-corrected chi connectivity index (χ4v) is 10.2. The molecule has 3 aromatic carbocycles. The maximum Gasteiger partial charge on any atom is 0.573 e. The van der Waals surface area contributed by atoms with Gasteiger partial charge in [0, 0.05) is 107 Å². The number of anilines is 4. The summed E-state index contributed by atoms with van der Waals surface area (Å²) in [5.41, 5.74) is 6.94. The summed E-state index contributed by atoms with van der Waals surface area (Å²) in [5.74, 6) is 4.15. The van der Waals surface area contributed by atoms with E-state index in [1.807, 2.05) is 45.0 Å². The van der Waals surface area contributed by atoms with Gasteiger partial charge in [-0.2, -0.15) is 4.99 Å². The molecule has 3 fully saturated rings. The topological polar surface area (TPSA) is 230 Å². The molecule has 5 N–H and O–H groups in total. The number of amides is 1. The number of aromatic nitrogens is 5. The van der Waals surface area contributed by atoms with Crippen molar-refractivity contribution in [3.05, 3.63) is 177 Å². The summed E-state index contributed by atoms with van der Waals surface area (Å²) >= 11 is 9.79. The van der Waals surface area contributed by atoms with Crippen LogP contribution < -0.4 is 64.8 Å². The van der Waals surface area contributed by atoms with Gasteiger partial charge in [-0.05, 0) is 199 Å². The Morgan fingerprint density at radius 3 is 1.20 bits per heavy atom. The molecule has 0 unspecified atom stereocenters. The van der Waals surface area contributed by atoms with Crippen molar-refractivity contribution in [3.8, 4) is 51.7 Å². The third-order valence-electron chi connectivity index (χ3n) is 14.3. The molecule has 5 aromatic heterocycles. The minimum atomic E-state index is -4.74. The standard InChI is InChI=1S/C23H22F3N5O2S.C22H26F3N3O4.C17H18F3N3O2.C6H4N2S.ClH/c24-23(25,26)33-19-5-3-18(4-6-19)32-20-7-11-28-21(14-20)31-12-8-16(9-13-31)29-22(34)30-17-2-1-10-27-15-17;1-21(2,3)32-20(29)27-15-9-12-28(13-10-15)19-14-18(8-11-26-19)30-16-4-6-17(7-5-16)31-22(23,24)25;18-17(19,20)25-14-3-1-13(2-4-14)24-15-5-8-22-16(11-15)23-9-6-12(21)7-10-23;9-5-8-6-2-1-3-7-4-6;/h1-7,10-11,14-16H,8-9,12-13H2,(H2,29,30,34);4-8,11,14-15H,9-10,12-13H2,1-3H3,(H,27,29);1-5,8,11-12H,6-7,9-10,21H2;1-4H;1H. The SMILES string of the molecule is CC(C)(C)OC(=O)NC1CCN(c2cc(Oc3ccc(OC(F)(F)F)cc3)ccn2)CC1.Cl.FC(F)(F)Oc1ccc(Oc2ccnc(N3CCC(NC(=S)Nc4cccnc4)CC3)c2)cc1.NC1CCN(c2cc(Oc3ccc(OC(F)(F)F)cc3)ccn2)CC1.S=C=Nc1cccnc1. The highest BCUT2D eigenvalue weighted by Gasteiger charge is 2.33. The summed E-state index contributed by atoms with van der Waals surface area (Å²) in [7, 11) is 0. The Bertz CT molecular complexity index is 3890. The van der Waals surface area contributed by atoms with Gasteiger partial charge < -0.3 is 69.5 Å². The summed E-state index contributed by atoms with van der Waals surface area (Å²) in [6.45, 7) is 10.1. The lowest BCUT2D eigenvalue weighted by Crippen LogP contribution is -2.46. The van der Waals surface area contributed by atoms with Gasteiger partial charge in [-0.15, -0.1) is 51.9 Å². The number of nitrogens with two attached hydrogens (primary N) is 1. The number of pyridine rings is 5. The van der Waals surface area contributed by atoms with E-state index in [0.29, 0.717) is 52.7 Å². The Morgan fingerprint density at radius 2 is 0.861 bits per heavy atom. The predicted octanol–water partition coefficient (Wildman–Crippen LogP) is 16.3. The number of carbonyl (C=O) groups excluding carboxylic acids is 1. The van der Waals surface area contributed by atoms with Crippen molar-refractivity contribution in [1.29, 1.82) is 0 Å². The number of ether oxygens (including phenoxy) is 7. The predicted molar refractivity (Wildman–Crippen MR) is 371 cm³/mol. The van der Waals surface area contributed by atoms with Gasteiger partial charge >= 0.3 is 25.2 Å². The molecule has 101 heavy (non-hydrogen) atoms. The highest BCUT2D eigenvalue weighted by Crippen LogP contribution is 2.34. The normalized spacial score (nSPS) is 14.3. The number of alkyl halides is 9. The van der Waals surface area contributed by atoms with Crippen LogP contribution in [0, 0.1) is 0 Å². The van der Waals surface area contributed by atoms with E-state index in [9.17, 15) is 44.3 Å². The number of carbonyl (C=O) groups is 1. The number of rotatable bonds is 16. The summed E-state index contributed by atoms with van der Waals surface area (Å²) in [4.78, 5) is 43.1. The minimum Gasteiger partial charge on any atom is -0.457 e. The second-order valence-corrected chi connectivity index (χ2v) is 23.8. The van der Waals surface area contributed by atoms with Crippen LogP contribution in [-0.2, 0) is 4.74 Å². The Hall–Kier alpha value is -10.0. The first-order chi connectivity index (χ1) is 47.6. The largest absolute Gasteiger partial charge is 0.573 e. The van der Waals surface area contributed by atoms with E-state index in [1.54, 1.807) is 79.8 Å². The van der Waals surface area contributed by atoms with Crippen LogP contribution in [0.1, 0.15) is 59.3 Å². The van der Waals surface area contributed by atoms with E-state index < -0.39 is 30.8 Å². The number of hydrogen-bond acceptors (Lipinski definition) is 20. The molecule has 3 aliphatic rings. The average Bonchev–Trinajstić information content (AvgIpc) is 0.892. The van der Waals surface area contributed by atoms with Crippen molar-refractivity contribution in [3.63, 3.8) is 0 Å². The molecule has 3 saturated heterocycles. The zero-order valence-corrected chi connectivity index (χ0v) is 56.9. The van der Waals surface area contributed by atoms with E-state index in [4.69, 9.17) is 36.9 Å². The second-order valence-electron chi connectivity index (χ2n) is 23.2. The summed E-state index contributed by atoms with van der Waals surface area (Å²) < 4.78 is 144. The molecule has 538 valence electrons. The summed E-state index contributed by atoms with van der Waals surface area (Å²) in [6, 6.07) is 33.9. The molecular formula is C68H71ClF9N13O8S2. The van der Waals surface area contributed by atoms with Crippen LogP contribution in [0.25, 0.3) is 0 Å². The number of benzene rings is 3. The van der Waals surface area contributed by atoms with Crippen molar-refractivity contribution in [2.24, 2.45) is 10.7 Å². The Balaban J connectivity index is 0.000000200. The van der Waals surface area contributed by atoms with Crippen LogP contribution in [0.3, 0.4) is 0 Å². The number of piperidine rings is 3. The number of halogens is 10. The highest BCUT2D eigenvalue weighted by atomic mass is 35.5. The van der Waals surface area contributed by atoms with E-state index in [1.165, 1.54) is 72.8 Å². The molecule has 1 amide bonds. The monoisotopic (exact) mass is 1470 g/mol. The van der Waals surface area contributed by atoms with Crippen molar-refractivity contribution in [2.45, 2.75) is 102 Å². The first kappa shape index (κ1) is 78.3. The van der Waals surface area contributed by atoms with Crippen LogP contribution in [-0.4, -0.2) is 123 Å². The van der Waals surface area contributed by atoms with Gasteiger partial charge in [0.05, 0.1) is 28.9 Å². The molecular weight excluding hydrogens is 1400 g/mol. The average molecular weight is 1470 g/mol. The summed E-state index contributed by atoms with van der Waals surface area (Å²) in [6.07, 6.45) is 2.07. The van der Waals surface area contributed by atoms with Crippen molar-refractivity contribution in [1.82, 2.24) is 35.6 Å². The second kappa shape index (κ2) is 37.4. The molecule has 0 radical (unpaired) electrons. The summed E-state index contributed by atoms with van der Waals surface area (Å²) in [5, 5.41) is 12.2. The number of nitrogens with one attached hydrogen (secondary N) is 3. The maximum absolute atomic E-state index is 12.3. The minimum absolute atomic E-state index is 0. The third kappa shape index (κ3) is 29.0. The molecule has 33 heteroatoms. The lowest BCUT2D eigenvalue weighted by Gasteiger charge is -2.33. The quantitative estimate of drug-likeness (QED) is 0.0400. The molecule has 11 rings (SSSR count). The van der Waals surface area contributed by atoms with E-state index in [0.717, 1.165) is 93.5 Å². The van der Waals surface area contributed by atoms with Gasteiger partial charge in [-0.3, -0.25) is 9.97 Å². The van der Waals surface area contributed by atoms with E-state index in [2.05, 4.69) is 92.2 Å². The van der Waals surface area contributed by atoms with Crippen molar-refractivity contribution in [2.75, 3.05) is 59.3 Å². The third-order valence-corrected chi connectivity index (χ3v) is 14.6. The molecule has 0 atom stereocenters. The van der Waals surface area contributed by atoms with Crippen LogP contribution in [0.5, 0.6) is 51.7 Å². The van der Waals surface area contributed by atoms with Gasteiger partial charge in [-0.25, -0.2) is 19.7 Å². The van der Waals surface area contributed by atoms with Crippen LogP contribution in [0.2, 0.25) is 0 Å².